The Balaban J connectivity index is 2.89. The van der Waals surface area contributed by atoms with Crippen LogP contribution in [0.15, 0.2) is 53.6 Å². The zero-order valence-corrected chi connectivity index (χ0v) is 12.5. The molecule has 106 valence electrons. The molecule has 1 rings (SSSR count). The molecule has 0 aliphatic rings. The first-order valence-electron chi connectivity index (χ1n) is 6.51. The average molecular weight is 291 g/mol. The SMILES string of the molecule is C\C=C/C=C\C(=C(/C)Cl)c1ccc(CCC(=O)O)cc1. The third kappa shape index (κ3) is 5.45. The standard InChI is InChI=1S/C17H19ClO2/c1-3-4-5-6-16(13(2)18)15-10-7-14(8-11-15)9-12-17(19)20/h3-8,10-11H,9,12H2,1-2H3,(H,19,20)/b4-3-,6-5-,16-13-. The van der Waals surface area contributed by atoms with Gasteiger partial charge in [-0.15, -0.1) is 0 Å². The molecule has 1 aromatic carbocycles. The van der Waals surface area contributed by atoms with Crippen LogP contribution in [0.5, 0.6) is 0 Å². The maximum atomic E-state index is 10.5. The minimum absolute atomic E-state index is 0.151. The Bertz CT molecular complexity index is 533. The van der Waals surface area contributed by atoms with Crippen LogP contribution in [0.1, 0.15) is 31.4 Å². The number of allylic oxidation sites excluding steroid dienone is 6. The second-order valence-electron chi connectivity index (χ2n) is 4.42. The molecule has 0 amide bonds. The molecule has 0 unspecified atom stereocenters. The summed E-state index contributed by atoms with van der Waals surface area (Å²) in [7, 11) is 0. The number of aryl methyl sites for hydroxylation is 1. The van der Waals surface area contributed by atoms with Crippen LogP contribution < -0.4 is 0 Å². The Morgan fingerprint density at radius 1 is 1.25 bits per heavy atom. The van der Waals surface area contributed by atoms with E-state index in [2.05, 4.69) is 0 Å². The van der Waals surface area contributed by atoms with Gasteiger partial charge in [0.15, 0.2) is 0 Å². The zero-order valence-electron chi connectivity index (χ0n) is 11.8. The second-order valence-corrected chi connectivity index (χ2v) is 4.99. The molecule has 2 nitrogen and oxygen atoms in total. The van der Waals surface area contributed by atoms with E-state index in [1.165, 1.54) is 0 Å². The van der Waals surface area contributed by atoms with Crippen molar-refractivity contribution in [2.45, 2.75) is 26.7 Å². The lowest BCUT2D eigenvalue weighted by atomic mass is 10.0. The minimum Gasteiger partial charge on any atom is -0.481 e. The molecule has 20 heavy (non-hydrogen) atoms. The maximum absolute atomic E-state index is 10.5. The molecular weight excluding hydrogens is 272 g/mol. The Kier molecular flexibility index (Phi) is 6.82. The quantitative estimate of drug-likeness (QED) is 0.764. The molecule has 0 saturated carbocycles. The van der Waals surface area contributed by atoms with Crippen molar-refractivity contribution in [3.63, 3.8) is 0 Å². The van der Waals surface area contributed by atoms with Gasteiger partial charge >= 0.3 is 5.97 Å². The molecule has 3 heteroatoms. The highest BCUT2D eigenvalue weighted by Gasteiger charge is 2.03. The van der Waals surface area contributed by atoms with Crippen molar-refractivity contribution in [2.24, 2.45) is 0 Å². The van der Waals surface area contributed by atoms with Gasteiger partial charge < -0.3 is 5.11 Å². The molecule has 1 N–H and O–H groups in total. The number of carbonyl (C=O) groups is 1. The van der Waals surface area contributed by atoms with E-state index in [0.717, 1.165) is 21.7 Å². The number of carboxylic acid groups (broad SMARTS) is 1. The molecule has 0 spiro atoms. The van der Waals surface area contributed by atoms with Crippen LogP contribution in [0, 0.1) is 0 Å². The lowest BCUT2D eigenvalue weighted by Crippen LogP contribution is -1.97. The van der Waals surface area contributed by atoms with Crippen LogP contribution in [0.4, 0.5) is 0 Å². The number of benzene rings is 1. The molecular formula is C17H19ClO2. The number of hydrogen-bond acceptors (Lipinski definition) is 1. The normalized spacial score (nSPS) is 12.9. The fourth-order valence-corrected chi connectivity index (χ4v) is 1.95. The predicted molar refractivity (Wildman–Crippen MR) is 84.8 cm³/mol. The highest BCUT2D eigenvalue weighted by atomic mass is 35.5. The Hall–Kier alpha value is -1.80. The minimum atomic E-state index is -0.777. The fraction of sp³-hybridized carbons (Fsp3) is 0.235. The number of rotatable bonds is 6. The molecule has 0 heterocycles. The first-order valence-corrected chi connectivity index (χ1v) is 6.89. The van der Waals surface area contributed by atoms with E-state index in [9.17, 15) is 4.79 Å². The van der Waals surface area contributed by atoms with Crippen molar-refractivity contribution in [3.8, 4) is 0 Å². The van der Waals surface area contributed by atoms with E-state index in [-0.39, 0.29) is 6.42 Å². The topological polar surface area (TPSA) is 37.3 Å². The summed E-state index contributed by atoms with van der Waals surface area (Å²) in [4.78, 5) is 10.5. The summed E-state index contributed by atoms with van der Waals surface area (Å²) in [5.41, 5.74) is 3.01. The molecule has 0 radical (unpaired) electrons. The zero-order chi connectivity index (χ0) is 15.0. The number of aliphatic carboxylic acids is 1. The molecule has 0 aliphatic carbocycles. The van der Waals surface area contributed by atoms with Crippen LogP contribution in [-0.4, -0.2) is 11.1 Å². The summed E-state index contributed by atoms with van der Waals surface area (Å²) < 4.78 is 0. The fourth-order valence-electron chi connectivity index (χ4n) is 1.78. The maximum Gasteiger partial charge on any atom is 0.303 e. The van der Waals surface area contributed by atoms with E-state index in [0.29, 0.717) is 6.42 Å². The summed E-state index contributed by atoms with van der Waals surface area (Å²) in [5, 5.41) is 9.40. The molecule has 0 bridgehead atoms. The van der Waals surface area contributed by atoms with Crippen LogP contribution in [0.3, 0.4) is 0 Å². The molecule has 0 atom stereocenters. The van der Waals surface area contributed by atoms with Crippen LogP contribution >= 0.6 is 11.6 Å². The van der Waals surface area contributed by atoms with Gasteiger partial charge in [0.2, 0.25) is 0 Å². The largest absolute Gasteiger partial charge is 0.481 e. The molecule has 0 aliphatic heterocycles. The van der Waals surface area contributed by atoms with E-state index in [1.807, 2.05) is 62.4 Å². The first-order chi connectivity index (χ1) is 9.54. The third-order valence-corrected chi connectivity index (χ3v) is 3.03. The number of halogens is 1. The van der Waals surface area contributed by atoms with Crippen LogP contribution in [0.25, 0.3) is 5.57 Å². The van der Waals surface area contributed by atoms with Gasteiger partial charge in [0.05, 0.1) is 0 Å². The summed E-state index contributed by atoms with van der Waals surface area (Å²) in [6, 6.07) is 7.83. The van der Waals surface area contributed by atoms with Gasteiger partial charge in [-0.25, -0.2) is 0 Å². The van der Waals surface area contributed by atoms with Gasteiger partial charge in [-0.3, -0.25) is 4.79 Å². The van der Waals surface area contributed by atoms with E-state index in [1.54, 1.807) is 0 Å². The van der Waals surface area contributed by atoms with E-state index in [4.69, 9.17) is 16.7 Å². The summed E-state index contributed by atoms with van der Waals surface area (Å²) in [6.07, 6.45) is 8.50. The van der Waals surface area contributed by atoms with Crippen molar-refractivity contribution >= 4 is 23.1 Å². The molecule has 0 aromatic heterocycles. The smallest absolute Gasteiger partial charge is 0.303 e. The molecule has 1 aromatic rings. The van der Waals surface area contributed by atoms with Gasteiger partial charge in [0, 0.05) is 11.5 Å². The third-order valence-electron chi connectivity index (χ3n) is 2.83. The average Bonchev–Trinajstić information content (AvgIpc) is 2.42. The van der Waals surface area contributed by atoms with Gasteiger partial charge in [0.25, 0.3) is 0 Å². The Morgan fingerprint density at radius 3 is 2.40 bits per heavy atom. The second kappa shape index (κ2) is 8.39. The number of hydrogen-bond donors (Lipinski definition) is 1. The Labute approximate surface area is 125 Å². The molecule has 0 fully saturated rings. The van der Waals surface area contributed by atoms with Crippen molar-refractivity contribution in [2.75, 3.05) is 0 Å². The summed E-state index contributed by atoms with van der Waals surface area (Å²) >= 11 is 6.13. The number of carboxylic acids is 1. The van der Waals surface area contributed by atoms with E-state index < -0.39 is 5.97 Å². The summed E-state index contributed by atoms with van der Waals surface area (Å²) in [6.45, 7) is 3.81. The van der Waals surface area contributed by atoms with Crippen LogP contribution in [-0.2, 0) is 11.2 Å². The highest BCUT2D eigenvalue weighted by Crippen LogP contribution is 2.23. The first kappa shape index (κ1) is 16.3. The van der Waals surface area contributed by atoms with Gasteiger partial charge in [0.1, 0.15) is 0 Å². The van der Waals surface area contributed by atoms with Crippen molar-refractivity contribution in [3.05, 3.63) is 64.7 Å². The predicted octanol–water partition coefficient (Wildman–Crippen LogP) is 4.81. The van der Waals surface area contributed by atoms with Crippen molar-refractivity contribution in [1.82, 2.24) is 0 Å². The highest BCUT2D eigenvalue weighted by molar-refractivity contribution is 6.32. The van der Waals surface area contributed by atoms with Crippen LogP contribution in [0.2, 0.25) is 0 Å². The summed E-state index contributed by atoms with van der Waals surface area (Å²) in [5.74, 6) is -0.777. The van der Waals surface area contributed by atoms with E-state index >= 15 is 0 Å². The van der Waals surface area contributed by atoms with Crippen molar-refractivity contribution < 1.29 is 9.90 Å². The Morgan fingerprint density at radius 2 is 1.90 bits per heavy atom. The molecule has 0 saturated heterocycles. The van der Waals surface area contributed by atoms with Gasteiger partial charge in [-0.1, -0.05) is 60.2 Å². The van der Waals surface area contributed by atoms with Gasteiger partial charge in [-0.05, 0) is 37.0 Å². The lowest BCUT2D eigenvalue weighted by molar-refractivity contribution is -0.136. The lowest BCUT2D eigenvalue weighted by Gasteiger charge is -2.06. The van der Waals surface area contributed by atoms with Crippen molar-refractivity contribution in [1.29, 1.82) is 0 Å². The monoisotopic (exact) mass is 290 g/mol. The van der Waals surface area contributed by atoms with Gasteiger partial charge in [-0.2, -0.15) is 0 Å².